The van der Waals surface area contributed by atoms with E-state index in [4.69, 9.17) is 5.11 Å². The standard InChI is InChI=1S/C10H9BrN2OS/c11-8-5-7(6-14)1-2-9(8)15-10-12-3-4-13-10/h1-5,14H,6H2,(H,12,13). The van der Waals surface area contributed by atoms with Gasteiger partial charge < -0.3 is 10.1 Å². The molecule has 0 saturated heterocycles. The number of imidazole rings is 1. The molecule has 0 aliphatic heterocycles. The van der Waals surface area contributed by atoms with Crippen LogP contribution in [0.4, 0.5) is 0 Å². The number of rotatable bonds is 3. The molecule has 78 valence electrons. The van der Waals surface area contributed by atoms with Gasteiger partial charge in [0.2, 0.25) is 0 Å². The van der Waals surface area contributed by atoms with Crippen molar-refractivity contribution in [2.24, 2.45) is 0 Å². The third-order valence-electron chi connectivity index (χ3n) is 1.86. The second-order valence-electron chi connectivity index (χ2n) is 2.92. The summed E-state index contributed by atoms with van der Waals surface area (Å²) in [5.41, 5.74) is 0.894. The Bertz CT molecular complexity index is 445. The third kappa shape index (κ3) is 2.62. The van der Waals surface area contributed by atoms with Gasteiger partial charge in [-0.1, -0.05) is 17.8 Å². The molecule has 2 rings (SSSR count). The summed E-state index contributed by atoms with van der Waals surface area (Å²) in [5, 5.41) is 9.82. The van der Waals surface area contributed by atoms with Crippen LogP contribution in [0.3, 0.4) is 0 Å². The van der Waals surface area contributed by atoms with Crippen LogP contribution in [0.5, 0.6) is 0 Å². The SMILES string of the molecule is OCc1ccc(Sc2ncc[nH]2)c(Br)c1. The predicted octanol–water partition coefficient (Wildman–Crippen LogP) is 2.82. The van der Waals surface area contributed by atoms with E-state index in [0.717, 1.165) is 20.1 Å². The van der Waals surface area contributed by atoms with Gasteiger partial charge in [0.15, 0.2) is 5.16 Å². The summed E-state index contributed by atoms with van der Waals surface area (Å²) in [5.74, 6) is 0. The fourth-order valence-electron chi connectivity index (χ4n) is 1.14. The monoisotopic (exact) mass is 284 g/mol. The highest BCUT2D eigenvalue weighted by Gasteiger charge is 2.04. The first-order chi connectivity index (χ1) is 7.29. The van der Waals surface area contributed by atoms with E-state index in [-0.39, 0.29) is 6.61 Å². The van der Waals surface area contributed by atoms with Gasteiger partial charge in [0, 0.05) is 21.8 Å². The number of halogens is 1. The average molecular weight is 285 g/mol. The Kier molecular flexibility index (Phi) is 3.45. The lowest BCUT2D eigenvalue weighted by molar-refractivity contribution is 0.281. The molecular weight excluding hydrogens is 276 g/mol. The first-order valence-electron chi connectivity index (χ1n) is 4.36. The number of hydrogen-bond donors (Lipinski definition) is 2. The van der Waals surface area contributed by atoms with Gasteiger partial charge in [-0.05, 0) is 33.6 Å². The number of nitrogens with zero attached hydrogens (tertiary/aromatic N) is 1. The summed E-state index contributed by atoms with van der Waals surface area (Å²) >= 11 is 5.00. The fourth-order valence-corrected chi connectivity index (χ4v) is 2.55. The number of aromatic amines is 1. The maximum absolute atomic E-state index is 8.96. The molecular formula is C10H9BrN2OS. The third-order valence-corrected chi connectivity index (χ3v) is 3.77. The topological polar surface area (TPSA) is 48.9 Å². The molecule has 0 radical (unpaired) electrons. The molecule has 0 saturated carbocycles. The van der Waals surface area contributed by atoms with E-state index in [1.807, 2.05) is 18.2 Å². The van der Waals surface area contributed by atoms with E-state index >= 15 is 0 Å². The van der Waals surface area contributed by atoms with E-state index < -0.39 is 0 Å². The van der Waals surface area contributed by atoms with Crippen molar-refractivity contribution in [2.75, 3.05) is 0 Å². The largest absolute Gasteiger partial charge is 0.392 e. The molecule has 15 heavy (non-hydrogen) atoms. The van der Waals surface area contributed by atoms with Gasteiger partial charge >= 0.3 is 0 Å². The Morgan fingerprint density at radius 3 is 2.93 bits per heavy atom. The van der Waals surface area contributed by atoms with E-state index in [1.165, 1.54) is 0 Å². The van der Waals surface area contributed by atoms with Crippen LogP contribution >= 0.6 is 27.7 Å². The summed E-state index contributed by atoms with van der Waals surface area (Å²) in [7, 11) is 0. The van der Waals surface area contributed by atoms with Crippen LogP contribution in [0.1, 0.15) is 5.56 Å². The smallest absolute Gasteiger partial charge is 0.170 e. The van der Waals surface area contributed by atoms with Crippen LogP contribution in [0.2, 0.25) is 0 Å². The number of benzene rings is 1. The zero-order valence-corrected chi connectivity index (χ0v) is 10.2. The Balaban J connectivity index is 2.22. The molecule has 3 nitrogen and oxygen atoms in total. The molecule has 2 aromatic rings. The molecule has 5 heteroatoms. The second-order valence-corrected chi connectivity index (χ2v) is 4.80. The maximum atomic E-state index is 8.96. The minimum absolute atomic E-state index is 0.0598. The molecule has 0 fully saturated rings. The Hall–Kier alpha value is -0.780. The highest BCUT2D eigenvalue weighted by Crippen LogP contribution is 2.31. The van der Waals surface area contributed by atoms with Crippen molar-refractivity contribution in [3.63, 3.8) is 0 Å². The van der Waals surface area contributed by atoms with Crippen LogP contribution in [-0.2, 0) is 6.61 Å². The highest BCUT2D eigenvalue weighted by molar-refractivity contribution is 9.10. The van der Waals surface area contributed by atoms with E-state index in [1.54, 1.807) is 24.2 Å². The minimum atomic E-state index is 0.0598. The zero-order chi connectivity index (χ0) is 10.7. The van der Waals surface area contributed by atoms with Crippen molar-refractivity contribution in [2.45, 2.75) is 16.7 Å². The van der Waals surface area contributed by atoms with Gasteiger partial charge in [-0.25, -0.2) is 4.98 Å². The summed E-state index contributed by atoms with van der Waals surface area (Å²) in [6.45, 7) is 0.0598. The number of aliphatic hydroxyl groups excluding tert-OH is 1. The van der Waals surface area contributed by atoms with Crippen molar-refractivity contribution in [1.82, 2.24) is 9.97 Å². The number of H-pyrrole nitrogens is 1. The molecule has 1 aromatic heterocycles. The molecule has 1 aromatic carbocycles. The number of nitrogens with one attached hydrogen (secondary N) is 1. The Morgan fingerprint density at radius 2 is 2.33 bits per heavy atom. The Morgan fingerprint density at radius 1 is 1.47 bits per heavy atom. The predicted molar refractivity (Wildman–Crippen MR) is 62.8 cm³/mol. The second kappa shape index (κ2) is 4.83. The molecule has 0 aliphatic rings. The quantitative estimate of drug-likeness (QED) is 0.911. The molecule has 0 unspecified atom stereocenters. The Labute approximate surface area is 100 Å². The van der Waals surface area contributed by atoms with Crippen LogP contribution < -0.4 is 0 Å². The van der Waals surface area contributed by atoms with Crippen LogP contribution in [0.15, 0.2) is 45.1 Å². The van der Waals surface area contributed by atoms with Gasteiger partial charge in [-0.3, -0.25) is 0 Å². The van der Waals surface area contributed by atoms with E-state index in [0.29, 0.717) is 0 Å². The number of aromatic nitrogens is 2. The van der Waals surface area contributed by atoms with Crippen molar-refractivity contribution >= 4 is 27.7 Å². The molecule has 0 aliphatic carbocycles. The highest BCUT2D eigenvalue weighted by atomic mass is 79.9. The first kappa shape index (κ1) is 10.7. The van der Waals surface area contributed by atoms with Crippen LogP contribution in [0, 0.1) is 0 Å². The summed E-state index contributed by atoms with van der Waals surface area (Å²) in [6, 6.07) is 5.77. The van der Waals surface area contributed by atoms with Crippen LogP contribution in [0.25, 0.3) is 0 Å². The number of aliphatic hydroxyl groups is 1. The molecule has 0 spiro atoms. The van der Waals surface area contributed by atoms with Crippen molar-refractivity contribution < 1.29 is 5.11 Å². The zero-order valence-electron chi connectivity index (χ0n) is 7.77. The minimum Gasteiger partial charge on any atom is -0.392 e. The van der Waals surface area contributed by atoms with Crippen molar-refractivity contribution in [1.29, 1.82) is 0 Å². The maximum Gasteiger partial charge on any atom is 0.170 e. The average Bonchev–Trinajstić information content (AvgIpc) is 2.74. The fraction of sp³-hybridized carbons (Fsp3) is 0.100. The molecule has 2 N–H and O–H groups in total. The van der Waals surface area contributed by atoms with E-state index in [9.17, 15) is 0 Å². The first-order valence-corrected chi connectivity index (χ1v) is 5.97. The van der Waals surface area contributed by atoms with Gasteiger partial charge in [0.05, 0.1) is 6.61 Å². The van der Waals surface area contributed by atoms with Crippen molar-refractivity contribution in [3.05, 3.63) is 40.6 Å². The summed E-state index contributed by atoms with van der Waals surface area (Å²) < 4.78 is 0.968. The number of hydrogen-bond acceptors (Lipinski definition) is 3. The van der Waals surface area contributed by atoms with E-state index in [2.05, 4.69) is 25.9 Å². The van der Waals surface area contributed by atoms with Gasteiger partial charge in [0.1, 0.15) is 0 Å². The molecule has 1 heterocycles. The van der Waals surface area contributed by atoms with Gasteiger partial charge in [-0.2, -0.15) is 0 Å². The molecule has 0 atom stereocenters. The summed E-state index contributed by atoms with van der Waals surface area (Å²) in [6.07, 6.45) is 3.51. The molecule has 0 bridgehead atoms. The summed E-state index contributed by atoms with van der Waals surface area (Å²) in [4.78, 5) is 8.23. The van der Waals surface area contributed by atoms with Crippen molar-refractivity contribution in [3.8, 4) is 0 Å². The van der Waals surface area contributed by atoms with Crippen LogP contribution in [-0.4, -0.2) is 15.1 Å². The lowest BCUT2D eigenvalue weighted by Gasteiger charge is -2.03. The van der Waals surface area contributed by atoms with Gasteiger partial charge in [-0.15, -0.1) is 0 Å². The normalized spacial score (nSPS) is 10.5. The lowest BCUT2D eigenvalue weighted by atomic mass is 10.2. The van der Waals surface area contributed by atoms with Gasteiger partial charge in [0.25, 0.3) is 0 Å². The molecule has 0 amide bonds. The lowest BCUT2D eigenvalue weighted by Crippen LogP contribution is -1.84.